The minimum absolute atomic E-state index is 0.0744. The average Bonchev–Trinajstić information content (AvgIpc) is 3.04. The highest BCUT2D eigenvalue weighted by Gasteiger charge is 2.28. The molecule has 3 aromatic rings. The average molecular weight is 358 g/mol. The van der Waals surface area contributed by atoms with Crippen molar-refractivity contribution in [2.45, 2.75) is 6.54 Å². The maximum atomic E-state index is 11.3. The van der Waals surface area contributed by atoms with Crippen molar-refractivity contribution >= 4 is 29.3 Å². The van der Waals surface area contributed by atoms with Crippen molar-refractivity contribution in [2.24, 2.45) is 0 Å². The highest BCUT2D eigenvalue weighted by atomic mass is 35.5. The van der Waals surface area contributed by atoms with Crippen LogP contribution in [0, 0.1) is 0 Å². The molecule has 0 radical (unpaired) electrons. The van der Waals surface area contributed by atoms with Gasteiger partial charge in [0.05, 0.1) is 13.7 Å². The standard InChI is InChI=1S/C16H12ClN5O3/c1-24-16(23)25-15-19-13-9-21(11-6-4-10(17)5-7-11)14-12(22(13)20-15)3-2-8-18-14/h2-8H,9H2,1H3. The number of nitrogens with zero attached hydrogens (tertiary/aromatic N) is 5. The van der Waals surface area contributed by atoms with Gasteiger partial charge in [0.1, 0.15) is 5.69 Å². The first-order valence-corrected chi connectivity index (χ1v) is 7.74. The molecule has 0 atom stereocenters. The van der Waals surface area contributed by atoms with Crippen molar-refractivity contribution in [1.29, 1.82) is 0 Å². The van der Waals surface area contributed by atoms with E-state index in [0.29, 0.717) is 23.2 Å². The number of hydrogen-bond donors (Lipinski definition) is 0. The monoisotopic (exact) mass is 357 g/mol. The molecule has 0 spiro atoms. The summed E-state index contributed by atoms with van der Waals surface area (Å²) in [6.07, 6.45) is 0.833. The number of anilines is 2. The Bertz CT molecular complexity index is 941. The summed E-state index contributed by atoms with van der Waals surface area (Å²) < 4.78 is 11.0. The van der Waals surface area contributed by atoms with Crippen molar-refractivity contribution in [3.05, 3.63) is 53.4 Å². The summed E-state index contributed by atoms with van der Waals surface area (Å²) >= 11 is 5.98. The van der Waals surface area contributed by atoms with Gasteiger partial charge < -0.3 is 14.4 Å². The van der Waals surface area contributed by atoms with E-state index in [0.717, 1.165) is 11.4 Å². The van der Waals surface area contributed by atoms with Gasteiger partial charge in [-0.3, -0.25) is 0 Å². The van der Waals surface area contributed by atoms with E-state index in [4.69, 9.17) is 16.3 Å². The Kier molecular flexibility index (Phi) is 3.73. The lowest BCUT2D eigenvalue weighted by atomic mass is 10.2. The van der Waals surface area contributed by atoms with Gasteiger partial charge in [-0.25, -0.2) is 14.5 Å². The maximum absolute atomic E-state index is 11.3. The molecular formula is C16H12ClN5O3. The van der Waals surface area contributed by atoms with Gasteiger partial charge >= 0.3 is 12.2 Å². The summed E-state index contributed by atoms with van der Waals surface area (Å²) in [5, 5.41) is 4.87. The van der Waals surface area contributed by atoms with Crippen LogP contribution in [0.4, 0.5) is 16.3 Å². The van der Waals surface area contributed by atoms with Crippen molar-refractivity contribution in [3.63, 3.8) is 0 Å². The second kappa shape index (κ2) is 6.06. The molecule has 3 heterocycles. The van der Waals surface area contributed by atoms with Crippen LogP contribution in [0.3, 0.4) is 0 Å². The SMILES string of the molecule is COC(=O)Oc1nc2n(n1)-c1cccnc1N(c1ccc(Cl)cc1)C2. The van der Waals surface area contributed by atoms with E-state index in [-0.39, 0.29) is 6.01 Å². The van der Waals surface area contributed by atoms with Gasteiger partial charge in [-0.2, -0.15) is 4.98 Å². The third kappa shape index (κ3) is 2.76. The van der Waals surface area contributed by atoms with Gasteiger partial charge in [0.15, 0.2) is 11.6 Å². The molecule has 0 amide bonds. The van der Waals surface area contributed by atoms with E-state index in [1.807, 2.05) is 35.2 Å². The summed E-state index contributed by atoms with van der Waals surface area (Å²) in [5.74, 6) is 1.32. The number of fused-ring (bicyclic) bond motifs is 3. The molecule has 1 aromatic carbocycles. The Morgan fingerprint density at radius 1 is 1.24 bits per heavy atom. The molecule has 0 fully saturated rings. The van der Waals surface area contributed by atoms with Crippen LogP contribution < -0.4 is 9.64 Å². The molecule has 0 N–H and O–H groups in total. The number of carbonyl (C=O) groups is 1. The van der Waals surface area contributed by atoms with E-state index < -0.39 is 6.16 Å². The molecule has 0 saturated carbocycles. The lowest BCUT2D eigenvalue weighted by Crippen LogP contribution is -2.27. The fraction of sp³-hybridized carbons (Fsp3) is 0.125. The van der Waals surface area contributed by atoms with Crippen LogP contribution in [0.1, 0.15) is 5.82 Å². The summed E-state index contributed by atoms with van der Waals surface area (Å²) in [6, 6.07) is 11.0. The number of hydrogen-bond acceptors (Lipinski definition) is 7. The van der Waals surface area contributed by atoms with Crippen LogP contribution >= 0.6 is 11.6 Å². The number of benzene rings is 1. The smallest absolute Gasteiger partial charge is 0.437 e. The molecule has 1 aliphatic heterocycles. The first-order valence-electron chi connectivity index (χ1n) is 7.36. The lowest BCUT2D eigenvalue weighted by molar-refractivity contribution is 0.118. The molecule has 9 heteroatoms. The van der Waals surface area contributed by atoms with Crippen LogP contribution in [0.15, 0.2) is 42.6 Å². The van der Waals surface area contributed by atoms with Gasteiger partial charge in [-0.05, 0) is 36.4 Å². The molecule has 2 aromatic heterocycles. The Morgan fingerprint density at radius 2 is 2.04 bits per heavy atom. The lowest BCUT2D eigenvalue weighted by Gasteiger charge is -2.29. The molecule has 0 unspecified atom stereocenters. The molecule has 1 aliphatic rings. The number of pyridine rings is 1. The molecule has 8 nitrogen and oxygen atoms in total. The van der Waals surface area contributed by atoms with Crippen LogP contribution in [0.25, 0.3) is 5.69 Å². The van der Waals surface area contributed by atoms with Crippen molar-refractivity contribution in [3.8, 4) is 11.7 Å². The Balaban J connectivity index is 1.78. The second-order valence-corrected chi connectivity index (χ2v) is 5.62. The van der Waals surface area contributed by atoms with Crippen LogP contribution in [0.5, 0.6) is 6.01 Å². The zero-order valence-electron chi connectivity index (χ0n) is 13.1. The third-order valence-corrected chi connectivity index (χ3v) is 3.94. The quantitative estimate of drug-likeness (QED) is 0.651. The molecule has 126 valence electrons. The fourth-order valence-corrected chi connectivity index (χ4v) is 2.72. The number of methoxy groups -OCH3 is 1. The van der Waals surface area contributed by atoms with Crippen molar-refractivity contribution in [1.82, 2.24) is 19.7 Å². The number of carbonyl (C=O) groups excluding carboxylic acids is 1. The highest BCUT2D eigenvalue weighted by Crippen LogP contribution is 2.35. The van der Waals surface area contributed by atoms with E-state index in [9.17, 15) is 4.79 Å². The molecule has 0 saturated heterocycles. The van der Waals surface area contributed by atoms with Gasteiger partial charge in [0.2, 0.25) is 0 Å². The van der Waals surface area contributed by atoms with Crippen molar-refractivity contribution in [2.75, 3.05) is 12.0 Å². The van der Waals surface area contributed by atoms with Crippen molar-refractivity contribution < 1.29 is 14.3 Å². The van der Waals surface area contributed by atoms with E-state index in [1.165, 1.54) is 7.11 Å². The molecule has 0 aliphatic carbocycles. The molecule has 4 rings (SSSR count). The zero-order valence-corrected chi connectivity index (χ0v) is 13.8. The van der Waals surface area contributed by atoms with E-state index in [1.54, 1.807) is 16.9 Å². The summed E-state index contributed by atoms with van der Waals surface area (Å²) in [4.78, 5) is 22.0. The first-order chi connectivity index (χ1) is 12.2. The van der Waals surface area contributed by atoms with Crippen LogP contribution in [-0.4, -0.2) is 33.0 Å². The normalized spacial score (nSPS) is 12.3. The Morgan fingerprint density at radius 3 is 2.80 bits per heavy atom. The predicted octanol–water partition coefficient (Wildman–Crippen LogP) is 3.11. The fourth-order valence-electron chi connectivity index (χ4n) is 2.59. The topological polar surface area (TPSA) is 82.4 Å². The third-order valence-electron chi connectivity index (χ3n) is 3.68. The summed E-state index contributed by atoms with van der Waals surface area (Å²) in [7, 11) is 1.22. The minimum Gasteiger partial charge on any atom is -0.437 e. The number of halogens is 1. The largest absolute Gasteiger partial charge is 0.516 e. The molecule has 0 bridgehead atoms. The highest BCUT2D eigenvalue weighted by molar-refractivity contribution is 6.30. The van der Waals surface area contributed by atoms with Gasteiger partial charge in [0.25, 0.3) is 0 Å². The van der Waals surface area contributed by atoms with Crippen LogP contribution in [0.2, 0.25) is 5.02 Å². The van der Waals surface area contributed by atoms with Gasteiger partial charge in [0, 0.05) is 16.9 Å². The summed E-state index contributed by atoms with van der Waals surface area (Å²) in [6.45, 7) is 0.406. The number of rotatable bonds is 2. The zero-order chi connectivity index (χ0) is 17.4. The first kappa shape index (κ1) is 15.4. The van der Waals surface area contributed by atoms with Gasteiger partial charge in [-0.15, -0.1) is 5.10 Å². The maximum Gasteiger partial charge on any atom is 0.516 e. The molecule has 25 heavy (non-hydrogen) atoms. The minimum atomic E-state index is -0.871. The van der Waals surface area contributed by atoms with E-state index >= 15 is 0 Å². The summed E-state index contributed by atoms with van der Waals surface area (Å²) in [5.41, 5.74) is 1.64. The number of ether oxygens (including phenoxy) is 2. The second-order valence-electron chi connectivity index (χ2n) is 5.19. The Hall–Kier alpha value is -3.13. The molecular weight excluding hydrogens is 346 g/mol. The Labute approximate surface area is 147 Å². The van der Waals surface area contributed by atoms with Crippen LogP contribution in [-0.2, 0) is 11.3 Å². The number of aromatic nitrogens is 4. The predicted molar refractivity (Wildman–Crippen MR) is 89.5 cm³/mol. The van der Waals surface area contributed by atoms with E-state index in [2.05, 4.69) is 19.8 Å². The van der Waals surface area contributed by atoms with Gasteiger partial charge in [-0.1, -0.05) is 11.6 Å².